The van der Waals surface area contributed by atoms with E-state index in [9.17, 15) is 9.59 Å². The third-order valence-corrected chi connectivity index (χ3v) is 7.68. The summed E-state index contributed by atoms with van der Waals surface area (Å²) in [6, 6.07) is 8.91. The molecule has 0 radical (unpaired) electrons. The number of nitrogens with one attached hydrogen (secondary N) is 1. The largest absolute Gasteiger partial charge is 0.473 e. The summed E-state index contributed by atoms with van der Waals surface area (Å²) in [6.07, 6.45) is 8.29. The summed E-state index contributed by atoms with van der Waals surface area (Å²) in [5.41, 5.74) is 5.64. The molecule has 32 heavy (non-hydrogen) atoms. The molecule has 4 atom stereocenters. The van der Waals surface area contributed by atoms with Crippen LogP contribution in [-0.4, -0.2) is 36.0 Å². The zero-order valence-electron chi connectivity index (χ0n) is 18.4. The van der Waals surface area contributed by atoms with Crippen molar-refractivity contribution in [1.29, 1.82) is 0 Å². The smallest absolute Gasteiger partial charge is 0.291 e. The summed E-state index contributed by atoms with van der Waals surface area (Å²) >= 11 is 1.34. The molecule has 0 aliphatic heterocycles. The van der Waals surface area contributed by atoms with Gasteiger partial charge in [-0.05, 0) is 61.2 Å². The Morgan fingerprint density at radius 1 is 1.28 bits per heavy atom. The van der Waals surface area contributed by atoms with Gasteiger partial charge in [-0.15, -0.1) is 0 Å². The monoisotopic (exact) mass is 457 g/mol. The summed E-state index contributed by atoms with van der Waals surface area (Å²) < 4.78 is 11.0. The first-order valence-corrected chi connectivity index (χ1v) is 12.2. The van der Waals surface area contributed by atoms with E-state index in [2.05, 4.69) is 17.4 Å². The van der Waals surface area contributed by atoms with Gasteiger partial charge in [-0.1, -0.05) is 49.2 Å². The zero-order valence-corrected chi connectivity index (χ0v) is 19.2. The van der Waals surface area contributed by atoms with E-state index >= 15 is 0 Å². The molecule has 4 unspecified atom stereocenters. The molecular weight excluding hydrogens is 426 g/mol. The fourth-order valence-corrected chi connectivity index (χ4v) is 5.93. The van der Waals surface area contributed by atoms with E-state index in [0.29, 0.717) is 17.1 Å². The second-order valence-electron chi connectivity index (χ2n) is 9.06. The maximum Gasteiger partial charge on any atom is 0.291 e. The molecule has 1 aromatic carbocycles. The van der Waals surface area contributed by atoms with Crippen molar-refractivity contribution in [1.82, 2.24) is 10.5 Å². The van der Waals surface area contributed by atoms with Gasteiger partial charge < -0.3 is 25.1 Å². The van der Waals surface area contributed by atoms with E-state index in [1.807, 2.05) is 30.3 Å². The molecule has 3 N–H and O–H groups in total. The maximum absolute atomic E-state index is 13.2. The summed E-state index contributed by atoms with van der Waals surface area (Å²) in [5, 5.41) is 7.10. The highest BCUT2D eigenvalue weighted by Gasteiger charge is 2.35. The van der Waals surface area contributed by atoms with Gasteiger partial charge in [0.05, 0.1) is 6.04 Å². The zero-order chi connectivity index (χ0) is 22.5. The highest BCUT2D eigenvalue weighted by atomic mass is 32.2. The molecule has 2 aliphatic rings. The summed E-state index contributed by atoms with van der Waals surface area (Å²) in [6.45, 7) is 2.05. The minimum absolute atomic E-state index is 0.0410. The molecule has 1 heterocycles. The topological polar surface area (TPSA) is 107 Å². The first-order valence-electron chi connectivity index (χ1n) is 11.4. The van der Waals surface area contributed by atoms with Crippen LogP contribution in [0.1, 0.15) is 56.0 Å². The van der Waals surface area contributed by atoms with Gasteiger partial charge in [-0.2, -0.15) is 0 Å². The average molecular weight is 458 g/mol. The van der Waals surface area contributed by atoms with Crippen LogP contribution >= 0.6 is 11.8 Å². The SMILES string of the molecule is CC(NC(=O)c1onc(OCC(N)C=O)c1Sc1ccccc1)C1CC2CCCC(C2)C1. The number of hydrogen-bond acceptors (Lipinski definition) is 7. The first-order chi connectivity index (χ1) is 15.5. The van der Waals surface area contributed by atoms with E-state index in [0.717, 1.165) is 16.7 Å². The van der Waals surface area contributed by atoms with Crippen molar-refractivity contribution in [3.05, 3.63) is 36.1 Å². The van der Waals surface area contributed by atoms with Gasteiger partial charge in [0.2, 0.25) is 5.76 Å². The molecule has 2 aliphatic carbocycles. The Hall–Kier alpha value is -2.32. The molecule has 8 heteroatoms. The lowest BCUT2D eigenvalue weighted by atomic mass is 9.66. The number of hydrogen-bond donors (Lipinski definition) is 2. The van der Waals surface area contributed by atoms with Crippen LogP contribution in [0, 0.1) is 17.8 Å². The summed E-state index contributed by atoms with van der Waals surface area (Å²) in [4.78, 5) is 25.4. The molecule has 2 fully saturated rings. The fourth-order valence-electron chi connectivity index (χ4n) is 5.00. The van der Waals surface area contributed by atoms with Crippen LogP contribution in [0.25, 0.3) is 0 Å². The summed E-state index contributed by atoms with van der Waals surface area (Å²) in [7, 11) is 0. The first kappa shape index (κ1) is 22.9. The van der Waals surface area contributed by atoms with Crippen LogP contribution in [0.15, 0.2) is 44.6 Å². The van der Waals surface area contributed by atoms with Crippen LogP contribution in [0.5, 0.6) is 5.88 Å². The summed E-state index contributed by atoms with van der Waals surface area (Å²) in [5.74, 6) is 2.07. The van der Waals surface area contributed by atoms with E-state index in [4.69, 9.17) is 15.0 Å². The third-order valence-electron chi connectivity index (χ3n) is 6.61. The number of amides is 1. The van der Waals surface area contributed by atoms with Gasteiger partial charge >= 0.3 is 0 Å². The Kier molecular flexibility index (Phi) is 7.52. The molecular formula is C24H31N3O4S. The molecule has 2 saturated carbocycles. The van der Waals surface area contributed by atoms with Gasteiger partial charge in [0, 0.05) is 10.9 Å². The number of carbonyl (C=O) groups excluding carboxylic acids is 2. The third kappa shape index (κ3) is 5.53. The predicted molar refractivity (Wildman–Crippen MR) is 122 cm³/mol. The van der Waals surface area contributed by atoms with Crippen molar-refractivity contribution >= 4 is 24.0 Å². The molecule has 7 nitrogen and oxygen atoms in total. The highest BCUT2D eigenvalue weighted by Crippen LogP contribution is 2.44. The lowest BCUT2D eigenvalue weighted by molar-refractivity contribution is -0.109. The Morgan fingerprint density at radius 2 is 2.00 bits per heavy atom. The Bertz CT molecular complexity index is 907. The molecule has 0 spiro atoms. The number of nitrogens with two attached hydrogens (primary N) is 1. The van der Waals surface area contributed by atoms with Crippen molar-refractivity contribution in [2.24, 2.45) is 23.5 Å². The standard InChI is InChI=1S/C24H31N3O4S/c1-15(18-11-16-6-5-7-17(10-16)12-18)26-23(29)21-22(32-20-8-3-2-4-9-20)24(27-31-21)30-14-19(25)13-28/h2-4,8-9,13,15-19H,5-7,10-12,14,25H2,1H3,(H,26,29). The molecule has 172 valence electrons. The number of fused-ring (bicyclic) bond motifs is 2. The predicted octanol–water partition coefficient (Wildman–Crippen LogP) is 4.07. The molecule has 4 rings (SSSR count). The normalized spacial score (nSPS) is 24.4. The fraction of sp³-hybridized carbons (Fsp3) is 0.542. The van der Waals surface area contributed by atoms with Gasteiger partial charge in [0.25, 0.3) is 11.8 Å². The lowest BCUT2D eigenvalue weighted by Crippen LogP contribution is -2.42. The molecule has 0 saturated heterocycles. The van der Waals surface area contributed by atoms with Gasteiger partial charge in [0.1, 0.15) is 17.8 Å². The number of aromatic nitrogens is 1. The van der Waals surface area contributed by atoms with Crippen molar-refractivity contribution in [2.45, 2.75) is 67.3 Å². The number of aldehydes is 1. The minimum atomic E-state index is -0.774. The van der Waals surface area contributed by atoms with Crippen LogP contribution in [0.3, 0.4) is 0 Å². The van der Waals surface area contributed by atoms with E-state index in [-0.39, 0.29) is 30.2 Å². The van der Waals surface area contributed by atoms with Gasteiger partial charge in [-0.25, -0.2) is 0 Å². The van der Waals surface area contributed by atoms with Crippen molar-refractivity contribution in [2.75, 3.05) is 6.61 Å². The van der Waals surface area contributed by atoms with Crippen LogP contribution < -0.4 is 15.8 Å². The highest BCUT2D eigenvalue weighted by molar-refractivity contribution is 7.99. The number of ether oxygens (including phenoxy) is 1. The van der Waals surface area contributed by atoms with E-state index in [1.165, 1.54) is 50.3 Å². The maximum atomic E-state index is 13.2. The Balaban J connectivity index is 1.48. The van der Waals surface area contributed by atoms with Crippen LogP contribution in [-0.2, 0) is 4.79 Å². The number of benzene rings is 1. The quantitative estimate of drug-likeness (QED) is 0.547. The van der Waals surface area contributed by atoms with Crippen molar-refractivity contribution in [3.8, 4) is 5.88 Å². The van der Waals surface area contributed by atoms with Crippen molar-refractivity contribution < 1.29 is 18.8 Å². The molecule has 2 aromatic rings. The number of carbonyl (C=O) groups is 2. The second-order valence-corrected chi connectivity index (χ2v) is 10.1. The molecule has 1 amide bonds. The second kappa shape index (κ2) is 10.5. The van der Waals surface area contributed by atoms with Crippen LogP contribution in [0.2, 0.25) is 0 Å². The van der Waals surface area contributed by atoms with Crippen LogP contribution in [0.4, 0.5) is 0 Å². The van der Waals surface area contributed by atoms with Gasteiger partial charge in [0.15, 0.2) is 0 Å². The minimum Gasteiger partial charge on any atom is -0.473 e. The average Bonchev–Trinajstić information content (AvgIpc) is 3.20. The number of rotatable bonds is 9. The molecule has 1 aromatic heterocycles. The van der Waals surface area contributed by atoms with Gasteiger partial charge in [-0.3, -0.25) is 4.79 Å². The Morgan fingerprint density at radius 3 is 2.69 bits per heavy atom. The van der Waals surface area contributed by atoms with E-state index in [1.54, 1.807) is 0 Å². The number of nitrogens with zero attached hydrogens (tertiary/aromatic N) is 1. The van der Waals surface area contributed by atoms with Crippen molar-refractivity contribution in [3.63, 3.8) is 0 Å². The Labute approximate surface area is 192 Å². The molecule has 2 bridgehead atoms. The lowest BCUT2D eigenvalue weighted by Gasteiger charge is -2.41. The van der Waals surface area contributed by atoms with E-state index < -0.39 is 6.04 Å².